The van der Waals surface area contributed by atoms with E-state index in [-0.39, 0.29) is 17.6 Å². The maximum atomic E-state index is 12.2. The molecule has 6 nitrogen and oxygen atoms in total. The van der Waals surface area contributed by atoms with Gasteiger partial charge in [-0.3, -0.25) is 14.9 Å². The average Bonchev–Trinajstić information content (AvgIpc) is 3.36. The van der Waals surface area contributed by atoms with E-state index < -0.39 is 4.92 Å². The Hall–Kier alpha value is -1.60. The van der Waals surface area contributed by atoms with Gasteiger partial charge in [0.25, 0.3) is 11.6 Å². The second-order valence-corrected chi connectivity index (χ2v) is 7.82. The number of benzene rings is 1. The van der Waals surface area contributed by atoms with E-state index in [9.17, 15) is 14.9 Å². The quantitative estimate of drug-likeness (QED) is 0.404. The molecule has 2 rings (SSSR count). The Morgan fingerprint density at radius 3 is 2.75 bits per heavy atom. The SMILES string of the molecule is CC(C)CCSc1ccc(C(=O)NCC(N)C2CC2)cc1[N+](=O)[O-]. The predicted molar refractivity (Wildman–Crippen MR) is 96.3 cm³/mol. The summed E-state index contributed by atoms with van der Waals surface area (Å²) in [7, 11) is 0. The molecule has 1 amide bonds. The molecule has 1 aliphatic carbocycles. The molecule has 0 bridgehead atoms. The molecular formula is C17H25N3O3S. The molecule has 0 aliphatic heterocycles. The van der Waals surface area contributed by atoms with E-state index in [2.05, 4.69) is 19.2 Å². The molecule has 0 radical (unpaired) electrons. The fraction of sp³-hybridized carbons (Fsp3) is 0.588. The van der Waals surface area contributed by atoms with Gasteiger partial charge in [0, 0.05) is 24.2 Å². The Kier molecular flexibility index (Phi) is 6.62. The lowest BCUT2D eigenvalue weighted by molar-refractivity contribution is -0.387. The molecule has 1 aromatic carbocycles. The Morgan fingerprint density at radius 1 is 1.46 bits per heavy atom. The average molecular weight is 351 g/mol. The van der Waals surface area contributed by atoms with Gasteiger partial charge in [-0.05, 0) is 49.0 Å². The lowest BCUT2D eigenvalue weighted by atomic mass is 10.1. The smallest absolute Gasteiger partial charge is 0.283 e. The predicted octanol–water partition coefficient (Wildman–Crippen LogP) is 3.20. The minimum absolute atomic E-state index is 0.0112. The summed E-state index contributed by atoms with van der Waals surface area (Å²) in [5, 5.41) is 14.1. The van der Waals surface area contributed by atoms with E-state index in [1.54, 1.807) is 12.1 Å². The first-order valence-corrected chi connectivity index (χ1v) is 9.32. The van der Waals surface area contributed by atoms with Gasteiger partial charge >= 0.3 is 0 Å². The summed E-state index contributed by atoms with van der Waals surface area (Å²) in [6.07, 6.45) is 3.22. The van der Waals surface area contributed by atoms with E-state index in [1.165, 1.54) is 17.8 Å². The van der Waals surface area contributed by atoms with Gasteiger partial charge in [-0.1, -0.05) is 13.8 Å². The highest BCUT2D eigenvalue weighted by Crippen LogP contribution is 2.32. The zero-order chi connectivity index (χ0) is 17.7. The number of hydrogen-bond acceptors (Lipinski definition) is 5. The molecule has 1 saturated carbocycles. The molecule has 1 atom stereocenters. The minimum atomic E-state index is -0.426. The van der Waals surface area contributed by atoms with Crippen LogP contribution in [0.2, 0.25) is 0 Å². The van der Waals surface area contributed by atoms with Crippen molar-refractivity contribution in [3.05, 3.63) is 33.9 Å². The van der Waals surface area contributed by atoms with Crippen molar-refractivity contribution in [2.45, 2.75) is 44.0 Å². The van der Waals surface area contributed by atoms with E-state index in [1.807, 2.05) is 0 Å². The number of hydrogen-bond donors (Lipinski definition) is 2. The van der Waals surface area contributed by atoms with Crippen molar-refractivity contribution in [3.63, 3.8) is 0 Å². The number of nitrogens with two attached hydrogens (primary N) is 1. The largest absolute Gasteiger partial charge is 0.350 e. The number of nitro benzene ring substituents is 1. The van der Waals surface area contributed by atoms with Crippen molar-refractivity contribution in [2.75, 3.05) is 12.3 Å². The van der Waals surface area contributed by atoms with Crippen LogP contribution in [0.5, 0.6) is 0 Å². The van der Waals surface area contributed by atoms with Crippen molar-refractivity contribution in [1.82, 2.24) is 5.32 Å². The van der Waals surface area contributed by atoms with Crippen molar-refractivity contribution in [1.29, 1.82) is 0 Å². The van der Waals surface area contributed by atoms with Crippen LogP contribution in [0.25, 0.3) is 0 Å². The molecule has 132 valence electrons. The maximum absolute atomic E-state index is 12.2. The van der Waals surface area contributed by atoms with Gasteiger partial charge in [0.05, 0.1) is 9.82 Å². The van der Waals surface area contributed by atoms with Gasteiger partial charge in [-0.2, -0.15) is 0 Å². The molecule has 1 unspecified atom stereocenters. The molecule has 0 heterocycles. The van der Waals surface area contributed by atoms with E-state index in [0.29, 0.717) is 28.8 Å². The lowest BCUT2D eigenvalue weighted by Gasteiger charge is -2.12. The first kappa shape index (κ1) is 18.7. The Morgan fingerprint density at radius 2 is 2.17 bits per heavy atom. The summed E-state index contributed by atoms with van der Waals surface area (Å²) in [4.78, 5) is 23.7. The number of nitro groups is 1. The van der Waals surface area contributed by atoms with Crippen LogP contribution in [-0.4, -0.2) is 29.2 Å². The fourth-order valence-electron chi connectivity index (χ4n) is 2.33. The van der Waals surface area contributed by atoms with Gasteiger partial charge in [0.2, 0.25) is 0 Å². The number of amides is 1. The van der Waals surface area contributed by atoms with E-state index in [4.69, 9.17) is 5.73 Å². The summed E-state index contributed by atoms with van der Waals surface area (Å²) in [5.74, 6) is 1.56. The van der Waals surface area contributed by atoms with Crippen LogP contribution in [0, 0.1) is 22.0 Å². The van der Waals surface area contributed by atoms with E-state index in [0.717, 1.165) is 25.0 Å². The summed E-state index contributed by atoms with van der Waals surface area (Å²) in [6.45, 7) is 4.64. The third-order valence-electron chi connectivity index (χ3n) is 4.10. The number of carbonyl (C=O) groups excluding carboxylic acids is 1. The normalized spacial score (nSPS) is 15.3. The number of nitrogens with zero attached hydrogens (tertiary/aromatic N) is 1. The zero-order valence-corrected chi connectivity index (χ0v) is 15.0. The van der Waals surface area contributed by atoms with Crippen LogP contribution in [0.3, 0.4) is 0 Å². The van der Waals surface area contributed by atoms with Gasteiger partial charge in [-0.25, -0.2) is 0 Å². The number of thioether (sulfide) groups is 1. The highest BCUT2D eigenvalue weighted by Gasteiger charge is 2.28. The molecule has 7 heteroatoms. The van der Waals surface area contributed by atoms with Crippen LogP contribution in [0.4, 0.5) is 5.69 Å². The summed E-state index contributed by atoms with van der Waals surface area (Å²) in [6, 6.07) is 4.63. The molecule has 0 spiro atoms. The second-order valence-electron chi connectivity index (χ2n) is 6.68. The van der Waals surface area contributed by atoms with Gasteiger partial charge in [-0.15, -0.1) is 11.8 Å². The molecular weight excluding hydrogens is 326 g/mol. The standard InChI is InChI=1S/C17H25N3O3S/c1-11(2)7-8-24-16-6-5-13(9-15(16)20(22)23)17(21)19-10-14(18)12-3-4-12/h5-6,9,11-12,14H,3-4,7-8,10,18H2,1-2H3,(H,19,21). The first-order chi connectivity index (χ1) is 11.4. The van der Waals surface area contributed by atoms with Crippen LogP contribution in [0.15, 0.2) is 23.1 Å². The zero-order valence-electron chi connectivity index (χ0n) is 14.2. The lowest BCUT2D eigenvalue weighted by Crippen LogP contribution is -2.38. The molecule has 24 heavy (non-hydrogen) atoms. The number of carbonyl (C=O) groups is 1. The van der Waals surface area contributed by atoms with Crippen LogP contribution >= 0.6 is 11.8 Å². The Balaban J connectivity index is 2.00. The number of nitrogens with one attached hydrogen (secondary N) is 1. The maximum Gasteiger partial charge on any atom is 0.283 e. The highest BCUT2D eigenvalue weighted by molar-refractivity contribution is 7.99. The van der Waals surface area contributed by atoms with Gasteiger partial charge in [0.15, 0.2) is 0 Å². The molecule has 0 aromatic heterocycles. The van der Waals surface area contributed by atoms with Crippen molar-refractivity contribution < 1.29 is 9.72 Å². The Labute approximate surface area is 146 Å². The third kappa shape index (κ3) is 5.49. The highest BCUT2D eigenvalue weighted by atomic mass is 32.2. The van der Waals surface area contributed by atoms with E-state index >= 15 is 0 Å². The van der Waals surface area contributed by atoms with Crippen LogP contribution in [0.1, 0.15) is 43.5 Å². The summed E-state index contributed by atoms with van der Waals surface area (Å²) >= 11 is 1.46. The van der Waals surface area contributed by atoms with Crippen LogP contribution < -0.4 is 11.1 Å². The molecule has 0 saturated heterocycles. The van der Waals surface area contributed by atoms with Crippen LogP contribution in [-0.2, 0) is 0 Å². The monoisotopic (exact) mass is 351 g/mol. The minimum Gasteiger partial charge on any atom is -0.350 e. The summed E-state index contributed by atoms with van der Waals surface area (Å²) in [5.41, 5.74) is 6.25. The van der Waals surface area contributed by atoms with Gasteiger partial charge in [0.1, 0.15) is 0 Å². The van der Waals surface area contributed by atoms with Crippen molar-refractivity contribution >= 4 is 23.4 Å². The Bertz CT molecular complexity index is 603. The second kappa shape index (κ2) is 8.48. The third-order valence-corrected chi connectivity index (χ3v) is 5.19. The van der Waals surface area contributed by atoms with Crippen molar-refractivity contribution in [2.24, 2.45) is 17.6 Å². The van der Waals surface area contributed by atoms with Crippen molar-refractivity contribution in [3.8, 4) is 0 Å². The topological polar surface area (TPSA) is 98.3 Å². The summed E-state index contributed by atoms with van der Waals surface area (Å²) < 4.78 is 0. The molecule has 1 aliphatic rings. The molecule has 3 N–H and O–H groups in total. The fourth-order valence-corrected chi connectivity index (χ4v) is 3.59. The molecule has 1 aromatic rings. The molecule has 1 fully saturated rings. The van der Waals surface area contributed by atoms with Gasteiger partial charge < -0.3 is 11.1 Å². The first-order valence-electron chi connectivity index (χ1n) is 8.33. The number of rotatable bonds is 9.